The van der Waals surface area contributed by atoms with Crippen molar-refractivity contribution >= 4 is 10.0 Å². The summed E-state index contributed by atoms with van der Waals surface area (Å²) < 4.78 is 26.2. The van der Waals surface area contributed by atoms with Gasteiger partial charge in [-0.2, -0.15) is 4.31 Å². The first kappa shape index (κ1) is 15.2. The lowest BCUT2D eigenvalue weighted by atomic mass is 9.87. The topological polar surface area (TPSA) is 60.9 Å². The molecule has 1 heterocycles. The first-order valence-corrected chi connectivity index (χ1v) is 9.00. The summed E-state index contributed by atoms with van der Waals surface area (Å²) in [5.74, 6) is 0.730. The van der Waals surface area contributed by atoms with E-state index < -0.39 is 10.0 Å². The summed E-state index contributed by atoms with van der Waals surface area (Å²) in [6.45, 7) is 4.84. The second kappa shape index (κ2) is 6.52. The number of aliphatic hydroxyl groups excluding tert-OH is 1. The zero-order chi connectivity index (χ0) is 13.9. The molecule has 0 aromatic heterocycles. The van der Waals surface area contributed by atoms with E-state index >= 15 is 0 Å². The molecule has 0 spiro atoms. The average molecular weight is 290 g/mol. The first-order valence-electron chi connectivity index (χ1n) is 7.39. The number of sulfonamides is 1. The van der Waals surface area contributed by atoms with Gasteiger partial charge in [0.1, 0.15) is 0 Å². The van der Waals surface area contributed by atoms with Gasteiger partial charge in [-0.15, -0.1) is 0 Å². The number of hydrogen-bond donors (Lipinski definition) is 1. The Morgan fingerprint density at radius 1 is 1.21 bits per heavy atom. The van der Waals surface area contributed by atoms with Gasteiger partial charge < -0.3 is 5.11 Å². The molecule has 0 bridgehead atoms. The number of rotatable bonds is 6. The van der Waals surface area contributed by atoms with Crippen LogP contribution in [0.3, 0.4) is 0 Å². The predicted octanol–water partition coefficient (Wildman–Crippen LogP) is 0.505. The minimum atomic E-state index is -3.06. The lowest BCUT2D eigenvalue weighted by molar-refractivity contribution is 0.0878. The summed E-state index contributed by atoms with van der Waals surface area (Å²) in [4.78, 5) is 2.20. The lowest BCUT2D eigenvalue weighted by Gasteiger charge is -2.38. The van der Waals surface area contributed by atoms with Crippen molar-refractivity contribution in [1.82, 2.24) is 9.21 Å². The zero-order valence-corrected chi connectivity index (χ0v) is 12.6. The average Bonchev–Trinajstić information content (AvgIpc) is 2.36. The van der Waals surface area contributed by atoms with Crippen molar-refractivity contribution in [3.05, 3.63) is 0 Å². The van der Waals surface area contributed by atoms with Crippen LogP contribution in [0.25, 0.3) is 0 Å². The normalized spacial score (nSPS) is 25.2. The summed E-state index contributed by atoms with van der Waals surface area (Å²) in [5.41, 5.74) is 0. The Balaban J connectivity index is 1.84. The molecule has 1 saturated carbocycles. The minimum absolute atomic E-state index is 0.158. The van der Waals surface area contributed by atoms with Crippen LogP contribution in [0.4, 0.5) is 0 Å². The molecule has 1 atom stereocenters. The molecule has 1 saturated heterocycles. The lowest BCUT2D eigenvalue weighted by Crippen LogP contribution is -2.53. The van der Waals surface area contributed by atoms with Crippen LogP contribution in [0.5, 0.6) is 0 Å². The van der Waals surface area contributed by atoms with Gasteiger partial charge in [0.15, 0.2) is 0 Å². The molecular formula is C13H26N2O3S. The Hall–Kier alpha value is -0.170. The third kappa shape index (κ3) is 3.68. The molecule has 2 rings (SSSR count). The van der Waals surface area contributed by atoms with E-state index in [0.29, 0.717) is 24.8 Å². The molecule has 2 fully saturated rings. The van der Waals surface area contributed by atoms with Gasteiger partial charge in [0, 0.05) is 32.2 Å². The second-order valence-corrected chi connectivity index (χ2v) is 7.77. The van der Waals surface area contributed by atoms with Crippen LogP contribution in [0.1, 0.15) is 32.6 Å². The van der Waals surface area contributed by atoms with Crippen LogP contribution in [-0.4, -0.2) is 67.3 Å². The van der Waals surface area contributed by atoms with Crippen LogP contribution in [0.15, 0.2) is 0 Å². The first-order chi connectivity index (χ1) is 9.06. The SMILES string of the molecule is CCC(CO)N1CCN(S(=O)(=O)CC2CCC2)CC1. The molecular weight excluding hydrogens is 264 g/mol. The summed E-state index contributed by atoms with van der Waals surface area (Å²) >= 11 is 0. The van der Waals surface area contributed by atoms with E-state index in [9.17, 15) is 13.5 Å². The van der Waals surface area contributed by atoms with Crippen molar-refractivity contribution in [2.24, 2.45) is 5.92 Å². The van der Waals surface area contributed by atoms with Gasteiger partial charge in [-0.25, -0.2) is 8.42 Å². The fourth-order valence-corrected chi connectivity index (χ4v) is 4.77. The van der Waals surface area contributed by atoms with Crippen LogP contribution >= 0.6 is 0 Å². The highest BCUT2D eigenvalue weighted by Gasteiger charge is 2.32. The number of piperazine rings is 1. The maximum atomic E-state index is 12.3. The number of aliphatic hydroxyl groups is 1. The highest BCUT2D eigenvalue weighted by Crippen LogP contribution is 2.28. The van der Waals surface area contributed by atoms with Crippen molar-refractivity contribution in [2.45, 2.75) is 38.6 Å². The molecule has 1 unspecified atom stereocenters. The third-order valence-corrected chi connectivity index (χ3v) is 6.58. The van der Waals surface area contributed by atoms with E-state index in [1.807, 2.05) is 0 Å². The largest absolute Gasteiger partial charge is 0.395 e. The van der Waals surface area contributed by atoms with Gasteiger partial charge in [0.05, 0.1) is 12.4 Å². The molecule has 19 heavy (non-hydrogen) atoms. The van der Waals surface area contributed by atoms with Crippen LogP contribution < -0.4 is 0 Å². The van der Waals surface area contributed by atoms with E-state index in [1.54, 1.807) is 4.31 Å². The molecule has 1 aliphatic carbocycles. The third-order valence-electron chi connectivity index (χ3n) is 4.54. The summed E-state index contributed by atoms with van der Waals surface area (Å²) in [7, 11) is -3.06. The van der Waals surface area contributed by atoms with Crippen molar-refractivity contribution in [2.75, 3.05) is 38.5 Å². The Labute approximate surface area is 116 Å². The zero-order valence-electron chi connectivity index (χ0n) is 11.8. The van der Waals surface area contributed by atoms with Gasteiger partial charge >= 0.3 is 0 Å². The maximum Gasteiger partial charge on any atom is 0.214 e. The molecule has 1 N–H and O–H groups in total. The molecule has 0 aromatic carbocycles. The van der Waals surface area contributed by atoms with E-state index in [-0.39, 0.29) is 12.6 Å². The van der Waals surface area contributed by atoms with Crippen LogP contribution in [0, 0.1) is 5.92 Å². The van der Waals surface area contributed by atoms with Crippen LogP contribution in [0.2, 0.25) is 0 Å². The maximum absolute atomic E-state index is 12.3. The highest BCUT2D eigenvalue weighted by molar-refractivity contribution is 7.89. The van der Waals surface area contributed by atoms with Crippen molar-refractivity contribution in [3.8, 4) is 0 Å². The van der Waals surface area contributed by atoms with Gasteiger partial charge in [0.25, 0.3) is 0 Å². The van der Waals surface area contributed by atoms with Gasteiger partial charge in [-0.1, -0.05) is 13.3 Å². The monoisotopic (exact) mass is 290 g/mol. The summed E-state index contributed by atoms with van der Waals surface area (Å²) in [6, 6.07) is 0.177. The minimum Gasteiger partial charge on any atom is -0.395 e. The Morgan fingerprint density at radius 3 is 2.26 bits per heavy atom. The number of hydrogen-bond acceptors (Lipinski definition) is 4. The van der Waals surface area contributed by atoms with Crippen molar-refractivity contribution < 1.29 is 13.5 Å². The van der Waals surface area contributed by atoms with Crippen LogP contribution in [-0.2, 0) is 10.0 Å². The fraction of sp³-hybridized carbons (Fsp3) is 1.00. The predicted molar refractivity (Wildman–Crippen MR) is 75.4 cm³/mol. The molecule has 2 aliphatic rings. The second-order valence-electron chi connectivity index (χ2n) is 5.76. The van der Waals surface area contributed by atoms with Gasteiger partial charge in [-0.05, 0) is 25.2 Å². The molecule has 0 amide bonds. The molecule has 112 valence electrons. The quantitative estimate of drug-likeness (QED) is 0.774. The molecule has 6 heteroatoms. The van der Waals surface area contributed by atoms with E-state index in [4.69, 9.17) is 0 Å². The van der Waals surface area contributed by atoms with E-state index in [0.717, 1.165) is 32.4 Å². The highest BCUT2D eigenvalue weighted by atomic mass is 32.2. The molecule has 0 aromatic rings. The van der Waals surface area contributed by atoms with E-state index in [2.05, 4.69) is 11.8 Å². The van der Waals surface area contributed by atoms with Gasteiger partial charge in [0.2, 0.25) is 10.0 Å². The summed E-state index contributed by atoms with van der Waals surface area (Å²) in [5, 5.41) is 9.29. The Kier molecular flexibility index (Phi) is 5.22. The number of nitrogens with zero attached hydrogens (tertiary/aromatic N) is 2. The fourth-order valence-electron chi connectivity index (χ4n) is 2.91. The van der Waals surface area contributed by atoms with Gasteiger partial charge in [-0.3, -0.25) is 4.90 Å². The molecule has 0 radical (unpaired) electrons. The standard InChI is InChI=1S/C13H26N2O3S/c1-2-13(10-16)14-6-8-15(9-7-14)19(17,18)11-12-4-3-5-12/h12-13,16H,2-11H2,1H3. The molecule has 1 aliphatic heterocycles. The summed E-state index contributed by atoms with van der Waals surface area (Å²) in [6.07, 6.45) is 4.23. The van der Waals surface area contributed by atoms with Crippen molar-refractivity contribution in [1.29, 1.82) is 0 Å². The Bertz CT molecular complexity index is 369. The van der Waals surface area contributed by atoms with E-state index in [1.165, 1.54) is 6.42 Å². The smallest absolute Gasteiger partial charge is 0.214 e. The Morgan fingerprint density at radius 2 is 1.84 bits per heavy atom. The van der Waals surface area contributed by atoms with Crippen molar-refractivity contribution in [3.63, 3.8) is 0 Å². The molecule has 5 nitrogen and oxygen atoms in total.